The number of hydrogen-bond acceptors (Lipinski definition) is 6. The first kappa shape index (κ1) is 18.9. The quantitative estimate of drug-likeness (QED) is 0.205. The Morgan fingerprint density at radius 1 is 1.15 bits per heavy atom. The summed E-state index contributed by atoms with van der Waals surface area (Å²) < 4.78 is 18.3. The number of halogens is 2. The summed E-state index contributed by atoms with van der Waals surface area (Å²) in [5.74, 6) is -0.375. The average molecular weight is 451 g/mol. The van der Waals surface area contributed by atoms with E-state index in [1.807, 2.05) is 35.8 Å². The smallest absolute Gasteiger partial charge is 0.208 e. The van der Waals surface area contributed by atoms with Crippen LogP contribution in [-0.4, -0.2) is 26.5 Å². The Labute approximate surface area is 166 Å². The van der Waals surface area contributed by atoms with Gasteiger partial charge in [0.15, 0.2) is 16.6 Å². The molecule has 0 saturated carbocycles. The Morgan fingerprint density at radius 2 is 1.93 bits per heavy atom. The summed E-state index contributed by atoms with van der Waals surface area (Å²) in [4.78, 5) is 4.17. The molecule has 0 atom stereocenters. The minimum absolute atomic E-state index is 0.0697. The number of aromatic nitrogens is 2. The molecule has 0 aliphatic heterocycles. The highest BCUT2D eigenvalue weighted by atomic mass is 79.9. The van der Waals surface area contributed by atoms with Crippen molar-refractivity contribution >= 4 is 56.3 Å². The van der Waals surface area contributed by atoms with Crippen LogP contribution in [0.25, 0.3) is 0 Å². The topological polar surface area (TPSA) is 108 Å². The van der Waals surface area contributed by atoms with E-state index >= 15 is 0 Å². The molecule has 0 bridgehead atoms. The summed E-state index contributed by atoms with van der Waals surface area (Å²) in [7, 11) is 0. The van der Waals surface area contributed by atoms with Crippen LogP contribution in [0.4, 0.5) is 21.6 Å². The number of hydroxylamine groups is 1. The van der Waals surface area contributed by atoms with E-state index in [1.54, 1.807) is 0 Å². The Balaban J connectivity index is 1.80. The van der Waals surface area contributed by atoms with Crippen molar-refractivity contribution in [3.8, 4) is 0 Å². The molecule has 0 spiro atoms. The van der Waals surface area contributed by atoms with Crippen LogP contribution in [0.2, 0.25) is 0 Å². The summed E-state index contributed by atoms with van der Waals surface area (Å²) in [5.41, 5.74) is 3.14. The van der Waals surface area contributed by atoms with Gasteiger partial charge in [-0.15, -0.1) is 0 Å². The molecule has 1 heterocycles. The molecule has 4 N–H and O–H groups in total. The normalized spacial score (nSPS) is 11.1. The summed E-state index contributed by atoms with van der Waals surface area (Å²) in [6, 6.07) is 13.4. The number of amidine groups is 1. The van der Waals surface area contributed by atoms with E-state index in [-0.39, 0.29) is 26.9 Å². The first-order chi connectivity index (χ1) is 13.1. The highest BCUT2D eigenvalue weighted by Gasteiger charge is 2.18. The van der Waals surface area contributed by atoms with E-state index in [9.17, 15) is 9.60 Å². The van der Waals surface area contributed by atoms with Crippen LogP contribution in [0.3, 0.4) is 0 Å². The molecule has 11 heteroatoms. The highest BCUT2D eigenvalue weighted by molar-refractivity contribution is 9.10. The van der Waals surface area contributed by atoms with Gasteiger partial charge >= 0.3 is 0 Å². The zero-order valence-electron chi connectivity index (χ0n) is 13.5. The number of nitrogens with one attached hydrogen (secondary N) is 3. The molecule has 27 heavy (non-hydrogen) atoms. The molecular formula is C16H12BrFN6O2S. The average Bonchev–Trinajstić information content (AvgIpc) is 3.11. The third-order valence-electron chi connectivity index (χ3n) is 3.23. The van der Waals surface area contributed by atoms with Crippen LogP contribution in [0.5, 0.6) is 0 Å². The van der Waals surface area contributed by atoms with E-state index in [1.165, 1.54) is 18.2 Å². The fraction of sp³-hybridized carbons (Fsp3) is 0. The molecule has 2 aromatic carbocycles. The molecule has 0 amide bonds. The van der Waals surface area contributed by atoms with Crippen molar-refractivity contribution in [3.05, 3.63) is 64.5 Å². The lowest BCUT2D eigenvalue weighted by Gasteiger charge is -2.09. The lowest BCUT2D eigenvalue weighted by molar-refractivity contribution is 0.234. The second kappa shape index (κ2) is 8.66. The number of anilines is 2. The maximum atomic E-state index is 13.3. The van der Waals surface area contributed by atoms with Crippen LogP contribution in [-0.2, 0) is 0 Å². The van der Waals surface area contributed by atoms with Gasteiger partial charge in [-0.05, 0) is 68.8 Å². The Morgan fingerprint density at radius 3 is 2.63 bits per heavy atom. The van der Waals surface area contributed by atoms with E-state index in [0.717, 1.165) is 5.69 Å². The van der Waals surface area contributed by atoms with Gasteiger partial charge in [0.25, 0.3) is 0 Å². The molecule has 0 fully saturated rings. The molecule has 0 unspecified atom stereocenters. The van der Waals surface area contributed by atoms with Crippen molar-refractivity contribution in [2.45, 2.75) is 0 Å². The number of para-hydroxylation sites is 1. The van der Waals surface area contributed by atoms with Gasteiger partial charge in [0.2, 0.25) is 5.82 Å². The van der Waals surface area contributed by atoms with Gasteiger partial charge in [0.1, 0.15) is 5.82 Å². The number of nitrogens with zero attached hydrogens (tertiary/aromatic N) is 3. The molecule has 8 nitrogen and oxygen atoms in total. The molecular weight excluding hydrogens is 439 g/mol. The Hall–Kier alpha value is -2.89. The van der Waals surface area contributed by atoms with Crippen molar-refractivity contribution in [1.29, 1.82) is 0 Å². The third kappa shape index (κ3) is 4.84. The van der Waals surface area contributed by atoms with E-state index < -0.39 is 5.82 Å². The maximum Gasteiger partial charge on any atom is 0.208 e. The van der Waals surface area contributed by atoms with Gasteiger partial charge in [-0.3, -0.25) is 10.7 Å². The second-order valence-electron chi connectivity index (χ2n) is 5.08. The molecule has 0 aliphatic carbocycles. The minimum Gasteiger partial charge on any atom is -0.332 e. The SMILES string of the molecule is ONC(=Nc1ccc(F)c(Br)c1)c1nonc1NC(=S)Nc1ccccc1. The van der Waals surface area contributed by atoms with E-state index in [0.29, 0.717) is 5.69 Å². The lowest BCUT2D eigenvalue weighted by atomic mass is 10.3. The van der Waals surface area contributed by atoms with Gasteiger partial charge in [0.05, 0.1) is 10.2 Å². The van der Waals surface area contributed by atoms with E-state index in [2.05, 4.69) is 41.9 Å². The molecule has 3 aromatic rings. The van der Waals surface area contributed by atoms with Crippen LogP contribution in [0.1, 0.15) is 5.69 Å². The van der Waals surface area contributed by atoms with Crippen LogP contribution in [0, 0.1) is 5.82 Å². The summed E-state index contributed by atoms with van der Waals surface area (Å²) in [6.45, 7) is 0. The maximum absolute atomic E-state index is 13.3. The fourth-order valence-corrected chi connectivity index (χ4v) is 2.61. The number of thiocarbonyl (C=S) groups is 1. The van der Waals surface area contributed by atoms with E-state index in [4.69, 9.17) is 16.8 Å². The number of aliphatic imine (C=N–C) groups is 1. The van der Waals surface area contributed by atoms with Crippen LogP contribution < -0.4 is 16.1 Å². The molecule has 138 valence electrons. The standard InChI is InChI=1S/C16H12BrFN6O2S/c17-11-8-10(6-7-12(11)18)19-14(22-25)13-15(24-26-23-13)21-16(27)20-9-4-2-1-3-5-9/h1-8,25H,(H,19,22)(H2,20,21,24,27). The van der Waals surface area contributed by atoms with Gasteiger partial charge in [0, 0.05) is 5.69 Å². The third-order valence-corrected chi connectivity index (χ3v) is 4.04. The molecule has 0 saturated heterocycles. The predicted octanol–water partition coefficient (Wildman–Crippen LogP) is 3.84. The van der Waals surface area contributed by atoms with Crippen molar-refractivity contribution in [2.24, 2.45) is 4.99 Å². The van der Waals surface area contributed by atoms with Crippen LogP contribution in [0.15, 0.2) is 62.6 Å². The second-order valence-corrected chi connectivity index (χ2v) is 6.34. The fourth-order valence-electron chi connectivity index (χ4n) is 2.03. The Bertz CT molecular complexity index is 982. The van der Waals surface area contributed by atoms with Crippen LogP contribution >= 0.6 is 28.1 Å². The molecule has 3 rings (SSSR count). The number of rotatable bonds is 4. The van der Waals surface area contributed by atoms with Gasteiger partial charge in [-0.1, -0.05) is 18.2 Å². The van der Waals surface area contributed by atoms with Gasteiger partial charge < -0.3 is 10.6 Å². The predicted molar refractivity (Wildman–Crippen MR) is 106 cm³/mol. The summed E-state index contributed by atoms with van der Waals surface area (Å²) >= 11 is 8.30. The largest absolute Gasteiger partial charge is 0.332 e. The van der Waals surface area contributed by atoms with Gasteiger partial charge in [-0.2, -0.15) is 0 Å². The summed E-state index contributed by atoms with van der Waals surface area (Å²) in [6.07, 6.45) is 0. The van der Waals surface area contributed by atoms with Crippen molar-refractivity contribution < 1.29 is 14.2 Å². The monoisotopic (exact) mass is 450 g/mol. The number of hydrogen-bond donors (Lipinski definition) is 4. The van der Waals surface area contributed by atoms with Crippen molar-refractivity contribution in [3.63, 3.8) is 0 Å². The Kier molecular flexibility index (Phi) is 6.06. The highest BCUT2D eigenvalue weighted by Crippen LogP contribution is 2.23. The zero-order chi connectivity index (χ0) is 19.2. The zero-order valence-corrected chi connectivity index (χ0v) is 15.9. The molecule has 0 aliphatic rings. The molecule has 0 radical (unpaired) electrons. The summed E-state index contributed by atoms with van der Waals surface area (Å²) in [5, 5.41) is 22.9. The minimum atomic E-state index is -0.435. The lowest BCUT2D eigenvalue weighted by Crippen LogP contribution is -2.25. The first-order valence-corrected chi connectivity index (χ1v) is 8.67. The number of benzene rings is 2. The molecule has 1 aromatic heterocycles. The van der Waals surface area contributed by atoms with Gasteiger partial charge in [-0.25, -0.2) is 14.0 Å². The first-order valence-electron chi connectivity index (χ1n) is 7.46. The van der Waals surface area contributed by atoms with Crippen molar-refractivity contribution in [2.75, 3.05) is 10.6 Å². The van der Waals surface area contributed by atoms with Crippen molar-refractivity contribution in [1.82, 2.24) is 15.8 Å².